The number of benzene rings is 2. The summed E-state index contributed by atoms with van der Waals surface area (Å²) in [5, 5.41) is 31.9. The minimum Gasteiger partial charge on any atom is -0.394 e. The molecule has 1 heterocycles. The molecule has 1 fully saturated rings. The lowest BCUT2D eigenvalue weighted by atomic mass is 10.0. The van der Waals surface area contributed by atoms with Crippen molar-refractivity contribution in [3.8, 4) is 6.07 Å². The van der Waals surface area contributed by atoms with Gasteiger partial charge in [-0.25, -0.2) is 0 Å². The normalized spacial score (nSPS) is 15.3. The van der Waals surface area contributed by atoms with Crippen molar-refractivity contribution in [1.29, 1.82) is 5.26 Å². The van der Waals surface area contributed by atoms with E-state index in [1.54, 1.807) is 0 Å². The molecule has 3 N–H and O–H groups in total. The second-order valence-electron chi connectivity index (χ2n) is 6.35. The maximum absolute atomic E-state index is 12.0. The molecule has 0 bridgehead atoms. The number of aliphatic hydroxyl groups excluding tert-OH is 2. The lowest BCUT2D eigenvalue weighted by molar-refractivity contribution is -0.117. The van der Waals surface area contributed by atoms with Crippen LogP contribution in [0.2, 0.25) is 0 Å². The van der Waals surface area contributed by atoms with Gasteiger partial charge in [-0.05, 0) is 47.0 Å². The summed E-state index contributed by atoms with van der Waals surface area (Å²) in [6, 6.07) is 13.9. The van der Waals surface area contributed by atoms with E-state index in [4.69, 9.17) is 5.11 Å². The van der Waals surface area contributed by atoms with Gasteiger partial charge in [0.2, 0.25) is 0 Å². The summed E-state index contributed by atoms with van der Waals surface area (Å²) in [4.78, 5) is 14.3. The van der Waals surface area contributed by atoms with Gasteiger partial charge in [0, 0.05) is 25.3 Å². The Bertz CT molecular complexity index is 881. The van der Waals surface area contributed by atoms with Gasteiger partial charge in [-0.3, -0.25) is 4.79 Å². The molecule has 3 rings (SSSR count). The molecule has 134 valence electrons. The number of carbonyl (C=O) groups is 1. The molecule has 0 spiro atoms. The Hall–Kier alpha value is -2.88. The van der Waals surface area contributed by atoms with E-state index < -0.39 is 18.6 Å². The van der Waals surface area contributed by atoms with Gasteiger partial charge in [-0.2, -0.15) is 5.26 Å². The van der Waals surface area contributed by atoms with Crippen molar-refractivity contribution in [1.82, 2.24) is 5.32 Å². The van der Waals surface area contributed by atoms with Crippen molar-refractivity contribution in [2.75, 3.05) is 31.1 Å². The van der Waals surface area contributed by atoms with E-state index in [1.807, 2.05) is 30.3 Å². The molecule has 6 nitrogen and oxygen atoms in total. The fourth-order valence-corrected chi connectivity index (χ4v) is 2.80. The van der Waals surface area contributed by atoms with E-state index in [0.29, 0.717) is 0 Å². The number of nitrogens with one attached hydrogen (secondary N) is 1. The third-order valence-electron chi connectivity index (χ3n) is 4.45. The Labute approximate surface area is 152 Å². The van der Waals surface area contributed by atoms with Gasteiger partial charge in [-0.15, -0.1) is 0 Å². The number of carbonyl (C=O) groups excluding carboxylic acids is 1. The van der Waals surface area contributed by atoms with Crippen molar-refractivity contribution in [3.05, 3.63) is 47.5 Å². The van der Waals surface area contributed by atoms with E-state index in [0.717, 1.165) is 29.4 Å². The van der Waals surface area contributed by atoms with Crippen LogP contribution in [-0.4, -0.2) is 48.5 Å². The number of amides is 1. The molecule has 1 atom stereocenters. The molecule has 6 heteroatoms. The summed E-state index contributed by atoms with van der Waals surface area (Å²) < 4.78 is 0. The Kier molecular flexibility index (Phi) is 5.52. The highest BCUT2D eigenvalue weighted by Crippen LogP contribution is 2.26. The lowest BCUT2D eigenvalue weighted by Gasteiger charge is -2.33. The molecule has 2 aromatic carbocycles. The van der Waals surface area contributed by atoms with Crippen molar-refractivity contribution < 1.29 is 15.0 Å². The standard InChI is InChI=1S/C20H21N3O3/c21-11-17(20(26)22-12-19(25)13-24)9-14-2-3-16-10-18(23-6-1-7-23)5-4-15(16)8-14/h2-5,8-10,19,24-25H,1,6-7,12-13H2,(H,22,26)/b17-9+. The van der Waals surface area contributed by atoms with Crippen LogP contribution >= 0.6 is 0 Å². The summed E-state index contributed by atoms with van der Waals surface area (Å²) >= 11 is 0. The maximum atomic E-state index is 12.0. The number of rotatable bonds is 6. The van der Waals surface area contributed by atoms with Crippen LogP contribution in [0.3, 0.4) is 0 Å². The summed E-state index contributed by atoms with van der Waals surface area (Å²) in [5.41, 5.74) is 1.92. The van der Waals surface area contributed by atoms with Crippen LogP contribution in [0, 0.1) is 11.3 Å². The average molecular weight is 351 g/mol. The van der Waals surface area contributed by atoms with Crippen LogP contribution in [0.15, 0.2) is 42.0 Å². The predicted molar refractivity (Wildman–Crippen MR) is 100 cm³/mol. The van der Waals surface area contributed by atoms with Gasteiger partial charge in [0.15, 0.2) is 0 Å². The lowest BCUT2D eigenvalue weighted by Crippen LogP contribution is -2.36. The summed E-state index contributed by atoms with van der Waals surface area (Å²) in [6.45, 7) is 1.64. The Morgan fingerprint density at radius 1 is 1.27 bits per heavy atom. The van der Waals surface area contributed by atoms with E-state index in [9.17, 15) is 15.2 Å². The Morgan fingerprint density at radius 2 is 2.00 bits per heavy atom. The zero-order valence-corrected chi connectivity index (χ0v) is 14.4. The number of anilines is 1. The first-order valence-corrected chi connectivity index (χ1v) is 8.58. The monoisotopic (exact) mass is 351 g/mol. The van der Waals surface area contributed by atoms with E-state index in [2.05, 4.69) is 22.3 Å². The number of aliphatic hydroxyl groups is 2. The fourth-order valence-electron chi connectivity index (χ4n) is 2.80. The third-order valence-corrected chi connectivity index (χ3v) is 4.45. The highest BCUT2D eigenvalue weighted by atomic mass is 16.3. The highest BCUT2D eigenvalue weighted by molar-refractivity contribution is 6.02. The first-order valence-electron chi connectivity index (χ1n) is 8.58. The highest BCUT2D eigenvalue weighted by Gasteiger charge is 2.14. The second-order valence-corrected chi connectivity index (χ2v) is 6.35. The molecule has 0 aliphatic carbocycles. The molecule has 0 saturated carbocycles. The largest absolute Gasteiger partial charge is 0.394 e. The van der Waals surface area contributed by atoms with Crippen LogP contribution in [0.25, 0.3) is 16.8 Å². The van der Waals surface area contributed by atoms with Gasteiger partial charge in [0.05, 0.1) is 12.7 Å². The molecular weight excluding hydrogens is 330 g/mol. The summed E-state index contributed by atoms with van der Waals surface area (Å²) in [5.74, 6) is -0.576. The van der Waals surface area contributed by atoms with Gasteiger partial charge in [-0.1, -0.05) is 18.2 Å². The molecule has 0 radical (unpaired) electrons. The average Bonchev–Trinajstić information content (AvgIpc) is 2.62. The van der Waals surface area contributed by atoms with E-state index in [1.165, 1.54) is 18.2 Å². The topological polar surface area (TPSA) is 96.6 Å². The van der Waals surface area contributed by atoms with Crippen molar-refractivity contribution in [2.24, 2.45) is 0 Å². The second kappa shape index (κ2) is 8.00. The minimum absolute atomic E-state index is 0.0494. The summed E-state index contributed by atoms with van der Waals surface area (Å²) in [7, 11) is 0. The van der Waals surface area contributed by atoms with E-state index >= 15 is 0 Å². The zero-order valence-electron chi connectivity index (χ0n) is 14.4. The van der Waals surface area contributed by atoms with Crippen LogP contribution in [0.4, 0.5) is 5.69 Å². The number of fused-ring (bicyclic) bond motifs is 1. The number of hydrogen-bond acceptors (Lipinski definition) is 5. The molecule has 2 aromatic rings. The molecule has 1 unspecified atom stereocenters. The zero-order chi connectivity index (χ0) is 18.5. The maximum Gasteiger partial charge on any atom is 0.262 e. The van der Waals surface area contributed by atoms with Crippen LogP contribution in [0.1, 0.15) is 12.0 Å². The van der Waals surface area contributed by atoms with Gasteiger partial charge >= 0.3 is 0 Å². The van der Waals surface area contributed by atoms with Crippen molar-refractivity contribution in [3.63, 3.8) is 0 Å². The molecule has 0 aromatic heterocycles. The smallest absolute Gasteiger partial charge is 0.262 e. The molecule has 1 saturated heterocycles. The van der Waals surface area contributed by atoms with E-state index in [-0.39, 0.29) is 12.1 Å². The van der Waals surface area contributed by atoms with Gasteiger partial charge in [0.25, 0.3) is 5.91 Å². The first-order chi connectivity index (χ1) is 12.6. The van der Waals surface area contributed by atoms with Crippen molar-refractivity contribution in [2.45, 2.75) is 12.5 Å². The quantitative estimate of drug-likeness (QED) is 0.540. The molecule has 26 heavy (non-hydrogen) atoms. The van der Waals surface area contributed by atoms with Crippen molar-refractivity contribution >= 4 is 28.4 Å². The third kappa shape index (κ3) is 4.02. The molecule has 1 amide bonds. The Balaban J connectivity index is 1.78. The first kappa shape index (κ1) is 17.9. The molecule has 1 aliphatic heterocycles. The van der Waals surface area contributed by atoms with Crippen LogP contribution in [-0.2, 0) is 4.79 Å². The van der Waals surface area contributed by atoms with Crippen LogP contribution < -0.4 is 10.2 Å². The number of nitriles is 1. The number of nitrogens with zero attached hydrogens (tertiary/aromatic N) is 2. The predicted octanol–water partition coefficient (Wildman–Crippen LogP) is 1.43. The number of hydrogen-bond donors (Lipinski definition) is 3. The van der Waals surface area contributed by atoms with Crippen LogP contribution in [0.5, 0.6) is 0 Å². The minimum atomic E-state index is -1.04. The SMILES string of the molecule is N#C/C(=C\c1ccc2cc(N3CCC3)ccc2c1)C(=O)NCC(O)CO. The fraction of sp³-hybridized carbons (Fsp3) is 0.300. The molecular formula is C20H21N3O3. The summed E-state index contributed by atoms with van der Waals surface area (Å²) in [6.07, 6.45) is 1.71. The Morgan fingerprint density at radius 3 is 2.65 bits per heavy atom. The molecule has 1 aliphatic rings. The van der Waals surface area contributed by atoms with Gasteiger partial charge in [0.1, 0.15) is 11.6 Å². The van der Waals surface area contributed by atoms with Gasteiger partial charge < -0.3 is 20.4 Å².